The molecule has 1 fully saturated rings. The fraction of sp³-hybridized carbons (Fsp3) is 0.412. The minimum Gasteiger partial charge on any atom is -0.339 e. The lowest BCUT2D eigenvalue weighted by Gasteiger charge is -2.35. The second-order valence-corrected chi connectivity index (χ2v) is 5.94. The molecular formula is C17H20FN5O2. The number of halogens is 1. The average molecular weight is 345 g/mol. The van der Waals surface area contributed by atoms with Gasteiger partial charge in [-0.15, -0.1) is 0 Å². The topological polar surface area (TPSA) is 71.3 Å². The first-order valence-electron chi connectivity index (χ1n) is 8.28. The number of nitrogens with zero attached hydrogens (tertiary/aromatic N) is 5. The van der Waals surface area contributed by atoms with Crippen molar-refractivity contribution < 1.29 is 14.0 Å². The van der Waals surface area contributed by atoms with Gasteiger partial charge < -0.3 is 9.80 Å². The van der Waals surface area contributed by atoms with E-state index in [9.17, 15) is 14.0 Å². The van der Waals surface area contributed by atoms with Crippen LogP contribution in [-0.4, -0.2) is 62.6 Å². The highest BCUT2D eigenvalue weighted by molar-refractivity contribution is 5.94. The van der Waals surface area contributed by atoms with E-state index in [2.05, 4.69) is 10.1 Å². The van der Waals surface area contributed by atoms with E-state index in [0.29, 0.717) is 51.1 Å². The minimum atomic E-state index is -0.363. The number of hydrogen-bond donors (Lipinski definition) is 0. The van der Waals surface area contributed by atoms with E-state index in [0.717, 1.165) is 0 Å². The van der Waals surface area contributed by atoms with Crippen LogP contribution in [0, 0.1) is 5.82 Å². The molecule has 0 aliphatic carbocycles. The summed E-state index contributed by atoms with van der Waals surface area (Å²) in [7, 11) is 0. The van der Waals surface area contributed by atoms with E-state index in [4.69, 9.17) is 0 Å². The highest BCUT2D eigenvalue weighted by Gasteiger charge is 2.24. The van der Waals surface area contributed by atoms with Crippen molar-refractivity contribution in [2.45, 2.75) is 19.4 Å². The molecule has 0 bridgehead atoms. The molecule has 0 radical (unpaired) electrons. The summed E-state index contributed by atoms with van der Waals surface area (Å²) >= 11 is 0. The fourth-order valence-electron chi connectivity index (χ4n) is 2.83. The molecule has 0 spiro atoms. The number of carbonyl (C=O) groups excluding carboxylic acids is 2. The monoisotopic (exact) mass is 345 g/mol. The van der Waals surface area contributed by atoms with E-state index in [1.54, 1.807) is 20.8 Å². The normalized spacial score (nSPS) is 14.6. The van der Waals surface area contributed by atoms with Crippen molar-refractivity contribution in [3.05, 3.63) is 48.3 Å². The molecular weight excluding hydrogens is 325 g/mol. The van der Waals surface area contributed by atoms with Gasteiger partial charge in [0.2, 0.25) is 5.91 Å². The lowest BCUT2D eigenvalue weighted by Crippen LogP contribution is -2.50. The molecule has 25 heavy (non-hydrogen) atoms. The summed E-state index contributed by atoms with van der Waals surface area (Å²) in [4.78, 5) is 32.0. The van der Waals surface area contributed by atoms with Gasteiger partial charge in [-0.05, 0) is 30.7 Å². The summed E-state index contributed by atoms with van der Waals surface area (Å²) in [5, 5.41) is 4.00. The third kappa shape index (κ3) is 4.40. The first kappa shape index (κ1) is 17.1. The van der Waals surface area contributed by atoms with Crippen molar-refractivity contribution >= 4 is 11.8 Å². The van der Waals surface area contributed by atoms with Gasteiger partial charge >= 0.3 is 0 Å². The Morgan fingerprint density at radius 2 is 1.72 bits per heavy atom. The first-order valence-corrected chi connectivity index (χ1v) is 8.28. The van der Waals surface area contributed by atoms with E-state index >= 15 is 0 Å². The first-order chi connectivity index (χ1) is 12.1. The van der Waals surface area contributed by atoms with Gasteiger partial charge in [0.15, 0.2) is 0 Å². The van der Waals surface area contributed by atoms with E-state index < -0.39 is 0 Å². The lowest BCUT2D eigenvalue weighted by atomic mass is 10.1. The van der Waals surface area contributed by atoms with Crippen molar-refractivity contribution in [1.82, 2.24) is 24.6 Å². The second kappa shape index (κ2) is 7.87. The molecule has 2 amide bonds. The number of piperazine rings is 1. The van der Waals surface area contributed by atoms with Gasteiger partial charge in [0, 0.05) is 44.7 Å². The molecule has 132 valence electrons. The number of rotatable bonds is 5. The largest absolute Gasteiger partial charge is 0.339 e. The average Bonchev–Trinajstić information content (AvgIpc) is 3.15. The Labute approximate surface area is 145 Å². The highest BCUT2D eigenvalue weighted by atomic mass is 19.1. The van der Waals surface area contributed by atoms with Crippen LogP contribution in [0.2, 0.25) is 0 Å². The van der Waals surface area contributed by atoms with Gasteiger partial charge in [-0.3, -0.25) is 14.3 Å². The number of benzene rings is 1. The van der Waals surface area contributed by atoms with Crippen molar-refractivity contribution in [1.29, 1.82) is 0 Å². The quantitative estimate of drug-likeness (QED) is 0.816. The maximum absolute atomic E-state index is 12.9. The Morgan fingerprint density at radius 1 is 1.04 bits per heavy atom. The number of carbonyl (C=O) groups is 2. The summed E-state index contributed by atoms with van der Waals surface area (Å²) in [5.41, 5.74) is 0.467. The number of hydrogen-bond acceptors (Lipinski definition) is 4. The van der Waals surface area contributed by atoms with Gasteiger partial charge in [0.25, 0.3) is 5.91 Å². The number of aromatic nitrogens is 3. The Morgan fingerprint density at radius 3 is 2.36 bits per heavy atom. The molecule has 3 rings (SSSR count). The van der Waals surface area contributed by atoms with E-state index in [-0.39, 0.29) is 17.6 Å². The van der Waals surface area contributed by atoms with Crippen LogP contribution in [0.25, 0.3) is 0 Å². The van der Waals surface area contributed by atoms with Crippen LogP contribution in [0.3, 0.4) is 0 Å². The third-order valence-electron chi connectivity index (χ3n) is 4.26. The van der Waals surface area contributed by atoms with Crippen LogP contribution in [-0.2, 0) is 11.3 Å². The Bertz CT molecular complexity index is 709. The summed E-state index contributed by atoms with van der Waals surface area (Å²) < 4.78 is 14.6. The molecule has 1 aromatic carbocycles. The molecule has 0 unspecified atom stereocenters. The van der Waals surface area contributed by atoms with Crippen LogP contribution in [0.5, 0.6) is 0 Å². The van der Waals surface area contributed by atoms with Gasteiger partial charge in [-0.1, -0.05) is 0 Å². The SMILES string of the molecule is O=C(CCCn1cncn1)N1CCN(C(=O)c2ccc(F)cc2)CC1. The molecule has 0 saturated carbocycles. The molecule has 2 aromatic rings. The molecule has 1 aromatic heterocycles. The fourth-order valence-corrected chi connectivity index (χ4v) is 2.83. The number of amides is 2. The molecule has 7 nitrogen and oxygen atoms in total. The zero-order valence-corrected chi connectivity index (χ0v) is 13.8. The van der Waals surface area contributed by atoms with Gasteiger partial charge in [-0.25, -0.2) is 9.37 Å². The van der Waals surface area contributed by atoms with E-state index in [1.165, 1.54) is 30.6 Å². The third-order valence-corrected chi connectivity index (χ3v) is 4.26. The zero-order chi connectivity index (χ0) is 17.6. The Hall–Kier alpha value is -2.77. The number of aryl methyl sites for hydroxylation is 1. The van der Waals surface area contributed by atoms with Crippen LogP contribution < -0.4 is 0 Å². The van der Waals surface area contributed by atoms with E-state index in [1.807, 2.05) is 0 Å². The standard InChI is InChI=1S/C17H20FN5O2/c18-15-5-3-14(4-6-15)17(25)22-10-8-21(9-11-22)16(24)2-1-7-23-13-19-12-20-23/h3-6,12-13H,1-2,7-11H2. The van der Waals surface area contributed by atoms with Gasteiger partial charge in [0.05, 0.1) is 0 Å². The molecule has 1 saturated heterocycles. The lowest BCUT2D eigenvalue weighted by molar-refractivity contribution is -0.132. The molecule has 8 heteroatoms. The molecule has 0 atom stereocenters. The van der Waals surface area contributed by atoms with Crippen LogP contribution in [0.1, 0.15) is 23.2 Å². The zero-order valence-electron chi connectivity index (χ0n) is 13.8. The molecule has 1 aliphatic rings. The van der Waals surface area contributed by atoms with Gasteiger partial charge in [-0.2, -0.15) is 5.10 Å². The molecule has 0 N–H and O–H groups in total. The second-order valence-electron chi connectivity index (χ2n) is 5.94. The highest BCUT2D eigenvalue weighted by Crippen LogP contribution is 2.11. The van der Waals surface area contributed by atoms with Crippen LogP contribution in [0.4, 0.5) is 4.39 Å². The van der Waals surface area contributed by atoms with Crippen LogP contribution >= 0.6 is 0 Å². The maximum atomic E-state index is 12.9. The molecule has 1 aliphatic heterocycles. The summed E-state index contributed by atoms with van der Waals surface area (Å²) in [6.07, 6.45) is 4.26. The Balaban J connectivity index is 1.43. The summed E-state index contributed by atoms with van der Waals surface area (Å²) in [6, 6.07) is 5.53. The molecule has 2 heterocycles. The Kier molecular flexibility index (Phi) is 5.37. The van der Waals surface area contributed by atoms with Crippen molar-refractivity contribution in [3.8, 4) is 0 Å². The smallest absolute Gasteiger partial charge is 0.253 e. The predicted molar refractivity (Wildman–Crippen MR) is 88.1 cm³/mol. The summed E-state index contributed by atoms with van der Waals surface area (Å²) in [5.74, 6) is -0.398. The van der Waals surface area contributed by atoms with Crippen LogP contribution in [0.15, 0.2) is 36.9 Å². The maximum Gasteiger partial charge on any atom is 0.253 e. The summed E-state index contributed by atoms with van der Waals surface area (Å²) in [6.45, 7) is 2.69. The van der Waals surface area contributed by atoms with Crippen molar-refractivity contribution in [3.63, 3.8) is 0 Å². The predicted octanol–water partition coefficient (Wildman–Crippen LogP) is 1.18. The van der Waals surface area contributed by atoms with Gasteiger partial charge in [0.1, 0.15) is 18.5 Å². The van der Waals surface area contributed by atoms with Crippen molar-refractivity contribution in [2.75, 3.05) is 26.2 Å². The minimum absolute atomic E-state index is 0.0917. The van der Waals surface area contributed by atoms with Crippen molar-refractivity contribution in [2.24, 2.45) is 0 Å².